The fourth-order valence-electron chi connectivity index (χ4n) is 9.67. The van der Waals surface area contributed by atoms with Gasteiger partial charge >= 0.3 is 0 Å². The molecule has 9 heteroatoms. The molecule has 0 saturated carbocycles. The van der Waals surface area contributed by atoms with Crippen LogP contribution in [0.25, 0.3) is 0 Å². The Labute approximate surface area is 467 Å². The van der Waals surface area contributed by atoms with Crippen LogP contribution in [0.5, 0.6) is 0 Å². The molecule has 442 valence electrons. The van der Waals surface area contributed by atoms with E-state index in [-0.39, 0.29) is 19.1 Å². The third kappa shape index (κ3) is 60.0. The highest BCUT2D eigenvalue weighted by Gasteiger charge is 2.23. The van der Waals surface area contributed by atoms with E-state index in [1.807, 2.05) is 27.2 Å². The molecule has 0 aromatic heterocycles. The van der Waals surface area contributed by atoms with Crippen molar-refractivity contribution >= 4 is 13.7 Å². The van der Waals surface area contributed by atoms with Crippen molar-refractivity contribution in [1.82, 2.24) is 5.32 Å². The maximum atomic E-state index is 13.0. The van der Waals surface area contributed by atoms with E-state index >= 15 is 0 Å². The smallest absolute Gasteiger partial charge is 0.268 e. The van der Waals surface area contributed by atoms with Gasteiger partial charge in [-0.25, -0.2) is 0 Å². The lowest BCUT2D eigenvalue weighted by Crippen LogP contribution is -2.45. The molecule has 0 spiro atoms. The molecule has 8 nitrogen and oxygen atoms in total. The van der Waals surface area contributed by atoms with Crippen molar-refractivity contribution < 1.29 is 32.9 Å². The summed E-state index contributed by atoms with van der Waals surface area (Å²) >= 11 is 0. The second kappa shape index (κ2) is 57.2. The summed E-state index contributed by atoms with van der Waals surface area (Å²) in [6, 6.07) is -0.903. The summed E-state index contributed by atoms with van der Waals surface area (Å²) in [5.74, 6) is -0.202. The van der Waals surface area contributed by atoms with E-state index < -0.39 is 20.0 Å². The molecule has 0 heterocycles. The maximum absolute atomic E-state index is 13.0. The van der Waals surface area contributed by atoms with Gasteiger partial charge < -0.3 is 28.8 Å². The number of aliphatic hydroxyl groups is 1. The van der Waals surface area contributed by atoms with Crippen molar-refractivity contribution in [3.63, 3.8) is 0 Å². The van der Waals surface area contributed by atoms with Crippen LogP contribution in [0.2, 0.25) is 0 Å². The second-order valence-electron chi connectivity index (χ2n) is 23.5. The number of allylic oxidation sites excluding steroid dienone is 7. The zero-order valence-electron chi connectivity index (χ0n) is 50.5. The van der Waals surface area contributed by atoms with Gasteiger partial charge in [-0.2, -0.15) is 0 Å². The largest absolute Gasteiger partial charge is 0.756 e. The molecule has 0 aromatic rings. The number of phosphoric acid groups is 1. The van der Waals surface area contributed by atoms with Crippen molar-refractivity contribution in [1.29, 1.82) is 0 Å². The zero-order valence-corrected chi connectivity index (χ0v) is 51.4. The fourth-order valence-corrected chi connectivity index (χ4v) is 10.4. The van der Waals surface area contributed by atoms with Crippen LogP contribution in [0, 0.1) is 0 Å². The summed E-state index contributed by atoms with van der Waals surface area (Å²) < 4.78 is 23.4. The van der Waals surface area contributed by atoms with E-state index in [1.54, 1.807) is 6.08 Å². The number of likely N-dealkylation sites (N-methyl/N-ethyl adjacent to an activating group) is 1. The van der Waals surface area contributed by atoms with Crippen molar-refractivity contribution in [3.05, 3.63) is 48.6 Å². The molecule has 0 radical (unpaired) electrons. The number of nitrogens with zero attached hydrogens (tertiary/aromatic N) is 1. The van der Waals surface area contributed by atoms with Gasteiger partial charge in [0.05, 0.1) is 39.9 Å². The van der Waals surface area contributed by atoms with E-state index in [4.69, 9.17) is 9.05 Å². The molecule has 0 rings (SSSR count). The molecular weight excluding hydrogens is 948 g/mol. The van der Waals surface area contributed by atoms with Crippen LogP contribution < -0.4 is 10.2 Å². The molecular formula is C66H127N2O6P. The molecule has 0 aliphatic heterocycles. The summed E-state index contributed by atoms with van der Waals surface area (Å²) in [4.78, 5) is 25.5. The number of unbranched alkanes of at least 4 members (excludes halogenated alkanes) is 41. The van der Waals surface area contributed by atoms with Gasteiger partial charge in [-0.1, -0.05) is 294 Å². The van der Waals surface area contributed by atoms with Gasteiger partial charge in [-0.15, -0.1) is 0 Å². The SMILES string of the molecule is CCCCCCC/C=C\C/C=C\CCCCCCCCCCCCCCCCCCCCCCCCCC(=O)NC(COP(=O)([O-])OCC[N+](C)(C)C)C(O)/C=C/CC/C=C/CCCCCCCCCCCCCC. The topological polar surface area (TPSA) is 108 Å². The first kappa shape index (κ1) is 73.5. The van der Waals surface area contributed by atoms with Crippen LogP contribution in [0.15, 0.2) is 48.6 Å². The molecule has 3 atom stereocenters. The Morgan fingerprint density at radius 1 is 0.467 bits per heavy atom. The first-order chi connectivity index (χ1) is 36.5. The highest BCUT2D eigenvalue weighted by molar-refractivity contribution is 7.45. The summed E-state index contributed by atoms with van der Waals surface area (Å²) in [6.45, 7) is 4.65. The van der Waals surface area contributed by atoms with Crippen LogP contribution in [-0.2, 0) is 18.4 Å². The van der Waals surface area contributed by atoms with Crippen LogP contribution in [-0.4, -0.2) is 68.5 Å². The molecule has 3 unspecified atom stereocenters. The monoisotopic (exact) mass is 1070 g/mol. The Balaban J connectivity index is 4.02. The Morgan fingerprint density at radius 3 is 1.16 bits per heavy atom. The van der Waals surface area contributed by atoms with E-state index in [0.717, 1.165) is 44.9 Å². The Bertz CT molecular complexity index is 1360. The number of amides is 1. The summed E-state index contributed by atoms with van der Waals surface area (Å²) in [6.07, 6.45) is 76.5. The number of carbonyl (C=O) groups excluding carboxylic acids is 1. The molecule has 0 saturated heterocycles. The van der Waals surface area contributed by atoms with Crippen molar-refractivity contribution in [2.45, 2.75) is 328 Å². The highest BCUT2D eigenvalue weighted by Crippen LogP contribution is 2.38. The lowest BCUT2D eigenvalue weighted by atomic mass is 10.0. The second-order valence-corrected chi connectivity index (χ2v) is 24.9. The Hall–Kier alpha value is -1.54. The van der Waals surface area contributed by atoms with Gasteiger partial charge in [-0.3, -0.25) is 9.36 Å². The Kier molecular flexibility index (Phi) is 56.0. The molecule has 2 N–H and O–H groups in total. The molecule has 0 bridgehead atoms. The van der Waals surface area contributed by atoms with Gasteiger partial charge in [0.2, 0.25) is 5.91 Å². The quantitative estimate of drug-likeness (QED) is 0.0272. The van der Waals surface area contributed by atoms with Crippen LogP contribution in [0.4, 0.5) is 0 Å². The minimum Gasteiger partial charge on any atom is -0.756 e. The lowest BCUT2D eigenvalue weighted by Gasteiger charge is -2.29. The predicted molar refractivity (Wildman–Crippen MR) is 325 cm³/mol. The average Bonchev–Trinajstić information content (AvgIpc) is 3.37. The minimum absolute atomic E-state index is 0.00519. The number of rotatable bonds is 60. The zero-order chi connectivity index (χ0) is 54.9. The third-order valence-electron chi connectivity index (χ3n) is 14.8. The van der Waals surface area contributed by atoms with Crippen LogP contribution in [0.1, 0.15) is 316 Å². The first-order valence-corrected chi connectivity index (χ1v) is 34.0. The van der Waals surface area contributed by atoms with Gasteiger partial charge in [0.15, 0.2) is 0 Å². The molecule has 0 aliphatic rings. The number of hydrogen-bond donors (Lipinski definition) is 2. The van der Waals surface area contributed by atoms with Gasteiger partial charge in [0.25, 0.3) is 7.82 Å². The number of nitrogens with one attached hydrogen (secondary N) is 1. The number of phosphoric ester groups is 1. The van der Waals surface area contributed by atoms with E-state index in [2.05, 4.69) is 55.6 Å². The number of aliphatic hydroxyl groups excluding tert-OH is 1. The fraction of sp³-hybridized carbons (Fsp3) is 0.864. The van der Waals surface area contributed by atoms with E-state index in [9.17, 15) is 19.4 Å². The van der Waals surface area contributed by atoms with Crippen molar-refractivity contribution in [3.8, 4) is 0 Å². The van der Waals surface area contributed by atoms with Crippen LogP contribution in [0.3, 0.4) is 0 Å². The van der Waals surface area contributed by atoms with Gasteiger partial charge in [0, 0.05) is 6.42 Å². The van der Waals surface area contributed by atoms with Crippen molar-refractivity contribution in [2.24, 2.45) is 0 Å². The summed E-state index contributed by atoms with van der Waals surface area (Å²) in [5.41, 5.74) is 0. The average molecular weight is 1080 g/mol. The Morgan fingerprint density at radius 2 is 0.787 bits per heavy atom. The molecule has 75 heavy (non-hydrogen) atoms. The maximum Gasteiger partial charge on any atom is 0.268 e. The van der Waals surface area contributed by atoms with E-state index in [1.165, 1.54) is 250 Å². The third-order valence-corrected chi connectivity index (χ3v) is 15.7. The number of carbonyl (C=O) groups is 1. The molecule has 1 amide bonds. The summed E-state index contributed by atoms with van der Waals surface area (Å²) in [5, 5.41) is 13.9. The lowest BCUT2D eigenvalue weighted by molar-refractivity contribution is -0.870. The predicted octanol–water partition coefficient (Wildman–Crippen LogP) is 19.6. The number of quaternary nitrogens is 1. The van der Waals surface area contributed by atoms with Gasteiger partial charge in [-0.05, 0) is 64.2 Å². The molecule has 0 aromatic carbocycles. The first-order valence-electron chi connectivity index (χ1n) is 32.5. The van der Waals surface area contributed by atoms with Gasteiger partial charge in [0.1, 0.15) is 13.2 Å². The van der Waals surface area contributed by atoms with Crippen molar-refractivity contribution in [2.75, 3.05) is 40.9 Å². The van der Waals surface area contributed by atoms with E-state index in [0.29, 0.717) is 17.4 Å². The standard InChI is InChI=1S/C66H127N2O6P/c1-6-8-10-12-14-16-18-20-22-24-26-27-28-29-30-31-32-33-34-35-36-37-38-39-40-41-42-44-46-48-50-52-54-56-58-60-66(70)67-64(63-74-75(71,72)73-62-61-68(3,4)5)65(69)59-57-55-53-51-49-47-45-43-25-23-21-19-17-15-13-11-9-7-2/h18,20,24,26,49,51,57,59,64-65,69H,6-17,19,21-23,25,27-48,50,52-56,58,60-63H2,1-5H3,(H-,67,70,71,72)/b20-18-,26-24-,51-49+,59-57+. The summed E-state index contributed by atoms with van der Waals surface area (Å²) in [7, 11) is 1.25. The molecule has 0 aliphatic carbocycles. The molecule has 0 fully saturated rings. The minimum atomic E-state index is -4.61. The highest BCUT2D eigenvalue weighted by atomic mass is 31.2. The number of hydrogen-bond acceptors (Lipinski definition) is 6. The van der Waals surface area contributed by atoms with Crippen LogP contribution >= 0.6 is 7.82 Å². The normalized spacial score (nSPS) is 14.1.